The van der Waals surface area contributed by atoms with E-state index >= 15 is 0 Å². The van der Waals surface area contributed by atoms with Crippen LogP contribution in [0, 0.1) is 31.3 Å². The molecule has 112 valence electrons. The molecule has 0 fully saturated rings. The molecule has 0 aliphatic rings. The summed E-state index contributed by atoms with van der Waals surface area (Å²) in [5.74, 6) is -1.79. The molecule has 2 rings (SSSR count). The molecule has 21 heavy (non-hydrogen) atoms. The third-order valence-corrected chi connectivity index (χ3v) is 3.48. The van der Waals surface area contributed by atoms with Crippen molar-refractivity contribution in [1.29, 1.82) is 0 Å². The molecule has 0 aromatic heterocycles. The Morgan fingerprint density at radius 2 is 1.71 bits per heavy atom. The van der Waals surface area contributed by atoms with Gasteiger partial charge in [-0.2, -0.15) is 0 Å². The highest BCUT2D eigenvalue weighted by Gasteiger charge is 2.24. The number of rotatable bonds is 4. The van der Waals surface area contributed by atoms with Gasteiger partial charge in [0.25, 0.3) is 0 Å². The minimum atomic E-state index is -0.851. The van der Waals surface area contributed by atoms with Crippen molar-refractivity contribution >= 4 is 0 Å². The number of hydrogen-bond acceptors (Lipinski definition) is 1. The minimum absolute atomic E-state index is 0.139. The fourth-order valence-corrected chi connectivity index (χ4v) is 2.38. The van der Waals surface area contributed by atoms with Gasteiger partial charge < -0.3 is 5.32 Å². The Bertz CT molecular complexity index is 653. The standard InChI is InChI=1S/C17H18F3N/c1-4-21-17(12-7-5-10(2)9-14(12)19)15-13(18)8-6-11(3)16(15)20/h5-9,17,21H,4H2,1-3H3. The monoisotopic (exact) mass is 293 g/mol. The second kappa shape index (κ2) is 6.31. The molecule has 0 heterocycles. The zero-order chi connectivity index (χ0) is 15.6. The van der Waals surface area contributed by atoms with E-state index in [1.807, 2.05) is 6.92 Å². The molecule has 0 bridgehead atoms. The van der Waals surface area contributed by atoms with Crippen LogP contribution in [0.15, 0.2) is 30.3 Å². The van der Waals surface area contributed by atoms with Crippen molar-refractivity contribution in [1.82, 2.24) is 5.32 Å². The van der Waals surface area contributed by atoms with Gasteiger partial charge in [0, 0.05) is 11.1 Å². The van der Waals surface area contributed by atoms with Crippen LogP contribution >= 0.6 is 0 Å². The molecule has 0 spiro atoms. The average Bonchev–Trinajstić information content (AvgIpc) is 2.43. The van der Waals surface area contributed by atoms with E-state index in [2.05, 4.69) is 5.32 Å². The predicted octanol–water partition coefficient (Wildman–Crippen LogP) is 4.42. The van der Waals surface area contributed by atoms with Crippen molar-refractivity contribution in [3.8, 4) is 0 Å². The molecule has 0 aliphatic heterocycles. The van der Waals surface area contributed by atoms with Gasteiger partial charge in [0.1, 0.15) is 17.5 Å². The first-order valence-electron chi connectivity index (χ1n) is 6.89. The highest BCUT2D eigenvalue weighted by molar-refractivity contribution is 5.38. The van der Waals surface area contributed by atoms with Gasteiger partial charge in [-0.1, -0.05) is 25.1 Å². The minimum Gasteiger partial charge on any atom is -0.306 e. The Morgan fingerprint density at radius 1 is 1.00 bits per heavy atom. The van der Waals surface area contributed by atoms with Crippen molar-refractivity contribution in [2.24, 2.45) is 0 Å². The summed E-state index contributed by atoms with van der Waals surface area (Å²) in [5, 5.41) is 2.96. The van der Waals surface area contributed by atoms with Gasteiger partial charge in [-0.15, -0.1) is 0 Å². The first-order valence-corrected chi connectivity index (χ1v) is 6.89. The highest BCUT2D eigenvalue weighted by Crippen LogP contribution is 2.30. The molecule has 0 saturated carbocycles. The van der Waals surface area contributed by atoms with Crippen LogP contribution in [-0.4, -0.2) is 6.54 Å². The van der Waals surface area contributed by atoms with Crippen molar-refractivity contribution in [3.63, 3.8) is 0 Å². The van der Waals surface area contributed by atoms with E-state index in [1.54, 1.807) is 26.0 Å². The molecular formula is C17H18F3N. The molecule has 2 aromatic carbocycles. The van der Waals surface area contributed by atoms with Gasteiger partial charge >= 0.3 is 0 Å². The lowest BCUT2D eigenvalue weighted by Crippen LogP contribution is -2.25. The highest BCUT2D eigenvalue weighted by atomic mass is 19.1. The third kappa shape index (κ3) is 3.10. The molecule has 0 amide bonds. The van der Waals surface area contributed by atoms with Crippen molar-refractivity contribution < 1.29 is 13.2 Å². The van der Waals surface area contributed by atoms with Gasteiger partial charge in [0.2, 0.25) is 0 Å². The lowest BCUT2D eigenvalue weighted by molar-refractivity contribution is 0.492. The average molecular weight is 293 g/mol. The smallest absolute Gasteiger partial charge is 0.134 e. The quantitative estimate of drug-likeness (QED) is 0.880. The zero-order valence-corrected chi connectivity index (χ0v) is 12.3. The lowest BCUT2D eigenvalue weighted by Gasteiger charge is -2.21. The number of nitrogens with one attached hydrogen (secondary N) is 1. The van der Waals surface area contributed by atoms with Crippen LogP contribution in [0.4, 0.5) is 13.2 Å². The summed E-state index contributed by atoms with van der Waals surface area (Å²) < 4.78 is 42.6. The fraction of sp³-hybridized carbons (Fsp3) is 0.294. The summed E-state index contributed by atoms with van der Waals surface area (Å²) in [6.07, 6.45) is 0. The van der Waals surface area contributed by atoms with E-state index in [-0.39, 0.29) is 11.1 Å². The Kier molecular flexibility index (Phi) is 4.68. The molecule has 0 aliphatic carbocycles. The van der Waals surface area contributed by atoms with Crippen LogP contribution in [0.5, 0.6) is 0 Å². The van der Waals surface area contributed by atoms with Gasteiger partial charge in [-0.05, 0) is 43.7 Å². The van der Waals surface area contributed by atoms with Crippen molar-refractivity contribution in [2.75, 3.05) is 6.54 Å². The summed E-state index contributed by atoms with van der Waals surface area (Å²) in [5.41, 5.74) is 1.20. The Labute approximate surface area is 122 Å². The summed E-state index contributed by atoms with van der Waals surface area (Å²) in [6.45, 7) is 5.60. The molecule has 0 radical (unpaired) electrons. The van der Waals surface area contributed by atoms with Gasteiger partial charge in [0.15, 0.2) is 0 Å². The maximum atomic E-state index is 14.3. The van der Waals surface area contributed by atoms with Gasteiger partial charge in [0.05, 0.1) is 6.04 Å². The van der Waals surface area contributed by atoms with Crippen molar-refractivity contribution in [2.45, 2.75) is 26.8 Å². The SMILES string of the molecule is CCNC(c1ccc(C)cc1F)c1c(F)ccc(C)c1F. The normalized spacial score (nSPS) is 12.5. The van der Waals surface area contributed by atoms with E-state index in [0.29, 0.717) is 12.1 Å². The van der Waals surface area contributed by atoms with Crippen molar-refractivity contribution in [3.05, 3.63) is 70.0 Å². The molecule has 4 heteroatoms. The van der Waals surface area contributed by atoms with E-state index in [1.165, 1.54) is 18.2 Å². The van der Waals surface area contributed by atoms with Crippen LogP contribution in [0.25, 0.3) is 0 Å². The van der Waals surface area contributed by atoms with Crippen LogP contribution in [0.3, 0.4) is 0 Å². The number of aryl methyl sites for hydroxylation is 2. The molecule has 2 aromatic rings. The summed E-state index contributed by atoms with van der Waals surface area (Å²) >= 11 is 0. The molecule has 1 N–H and O–H groups in total. The van der Waals surface area contributed by atoms with Crippen LogP contribution in [0.2, 0.25) is 0 Å². The Balaban J connectivity index is 2.61. The first kappa shape index (κ1) is 15.6. The first-order chi connectivity index (χ1) is 9.95. The molecule has 0 saturated heterocycles. The number of halogens is 3. The predicted molar refractivity (Wildman–Crippen MR) is 77.8 cm³/mol. The molecule has 1 atom stereocenters. The number of benzene rings is 2. The fourth-order valence-electron chi connectivity index (χ4n) is 2.38. The Morgan fingerprint density at radius 3 is 2.33 bits per heavy atom. The van der Waals surface area contributed by atoms with Crippen LogP contribution in [-0.2, 0) is 0 Å². The summed E-state index contributed by atoms with van der Waals surface area (Å²) in [6, 6.07) is 6.40. The Hall–Kier alpha value is -1.81. The second-order valence-electron chi connectivity index (χ2n) is 5.11. The molecule has 1 nitrogen and oxygen atoms in total. The third-order valence-electron chi connectivity index (χ3n) is 3.48. The zero-order valence-electron chi connectivity index (χ0n) is 12.3. The van der Waals surface area contributed by atoms with Crippen LogP contribution < -0.4 is 5.32 Å². The molecule has 1 unspecified atom stereocenters. The summed E-state index contributed by atoms with van der Waals surface area (Å²) in [7, 11) is 0. The largest absolute Gasteiger partial charge is 0.306 e. The molecular weight excluding hydrogens is 275 g/mol. The van der Waals surface area contributed by atoms with Crippen LogP contribution in [0.1, 0.15) is 35.2 Å². The van der Waals surface area contributed by atoms with Gasteiger partial charge in [-0.3, -0.25) is 0 Å². The maximum absolute atomic E-state index is 14.3. The number of hydrogen-bond donors (Lipinski definition) is 1. The summed E-state index contributed by atoms with van der Waals surface area (Å²) in [4.78, 5) is 0. The van der Waals surface area contributed by atoms with E-state index < -0.39 is 23.5 Å². The van der Waals surface area contributed by atoms with Gasteiger partial charge in [-0.25, -0.2) is 13.2 Å². The second-order valence-corrected chi connectivity index (χ2v) is 5.11. The maximum Gasteiger partial charge on any atom is 0.134 e. The van der Waals surface area contributed by atoms with E-state index in [0.717, 1.165) is 5.56 Å². The van der Waals surface area contributed by atoms with E-state index in [9.17, 15) is 13.2 Å². The topological polar surface area (TPSA) is 12.0 Å². The lowest BCUT2D eigenvalue weighted by atomic mass is 9.95. The van der Waals surface area contributed by atoms with E-state index in [4.69, 9.17) is 0 Å².